The third-order valence-electron chi connectivity index (χ3n) is 5.17. The number of nitrogens with zero attached hydrogens (tertiary/aromatic N) is 2. The molecule has 20 heavy (non-hydrogen) atoms. The summed E-state index contributed by atoms with van der Waals surface area (Å²) in [4.78, 5) is 28.6. The summed E-state index contributed by atoms with van der Waals surface area (Å²) in [5.74, 6) is 0.673. The predicted octanol–water partition coefficient (Wildman–Crippen LogP) is 1.93. The summed E-state index contributed by atoms with van der Waals surface area (Å²) >= 11 is 0. The molecule has 1 saturated heterocycles. The van der Waals surface area contributed by atoms with Gasteiger partial charge in [-0.1, -0.05) is 13.8 Å². The van der Waals surface area contributed by atoms with Crippen molar-refractivity contribution in [3.63, 3.8) is 0 Å². The Hall–Kier alpha value is -1.10. The number of nitrogens with one attached hydrogen (secondary N) is 1. The highest BCUT2D eigenvalue weighted by Crippen LogP contribution is 2.37. The fourth-order valence-electron chi connectivity index (χ4n) is 3.49. The lowest BCUT2D eigenvalue weighted by molar-refractivity contribution is -0.134. The number of urea groups is 1. The van der Waals surface area contributed by atoms with Crippen LogP contribution in [0.15, 0.2) is 0 Å². The summed E-state index contributed by atoms with van der Waals surface area (Å²) < 4.78 is 0. The lowest BCUT2D eigenvalue weighted by Crippen LogP contribution is -2.50. The van der Waals surface area contributed by atoms with Crippen LogP contribution in [0.25, 0.3) is 0 Å². The first kappa shape index (κ1) is 13.9. The van der Waals surface area contributed by atoms with Gasteiger partial charge in [-0.15, -0.1) is 0 Å². The van der Waals surface area contributed by atoms with Gasteiger partial charge < -0.3 is 5.32 Å². The highest BCUT2D eigenvalue weighted by Gasteiger charge is 2.52. The van der Waals surface area contributed by atoms with Crippen molar-refractivity contribution in [1.82, 2.24) is 15.1 Å². The Balaban J connectivity index is 1.70. The minimum Gasteiger partial charge on any atom is -0.323 e. The molecule has 0 atom stereocenters. The maximum Gasteiger partial charge on any atom is 0.326 e. The van der Waals surface area contributed by atoms with E-state index < -0.39 is 5.54 Å². The van der Waals surface area contributed by atoms with E-state index in [0.29, 0.717) is 18.6 Å². The van der Waals surface area contributed by atoms with Gasteiger partial charge in [0.15, 0.2) is 0 Å². The Morgan fingerprint density at radius 2 is 1.90 bits per heavy atom. The van der Waals surface area contributed by atoms with E-state index in [1.165, 1.54) is 17.7 Å². The Morgan fingerprint density at radius 1 is 1.25 bits per heavy atom. The molecule has 3 rings (SSSR count). The van der Waals surface area contributed by atoms with Crippen molar-refractivity contribution in [2.45, 2.75) is 64.0 Å². The van der Waals surface area contributed by atoms with E-state index in [2.05, 4.69) is 24.1 Å². The molecule has 0 aromatic rings. The monoisotopic (exact) mass is 279 g/mol. The molecule has 112 valence electrons. The number of carbonyl (C=O) groups excluding carboxylic acids is 2. The number of carbonyl (C=O) groups is 2. The first-order chi connectivity index (χ1) is 9.55. The fraction of sp³-hybridized carbons (Fsp3) is 0.867. The number of amides is 3. The van der Waals surface area contributed by atoms with Gasteiger partial charge in [0.1, 0.15) is 5.54 Å². The molecule has 3 fully saturated rings. The molecule has 1 aliphatic heterocycles. The van der Waals surface area contributed by atoms with Crippen LogP contribution in [0.2, 0.25) is 0 Å². The second kappa shape index (κ2) is 5.02. The van der Waals surface area contributed by atoms with Crippen LogP contribution in [0.4, 0.5) is 4.79 Å². The normalized spacial score (nSPS) is 34.1. The van der Waals surface area contributed by atoms with Gasteiger partial charge in [-0.2, -0.15) is 0 Å². The molecule has 5 nitrogen and oxygen atoms in total. The topological polar surface area (TPSA) is 52.6 Å². The van der Waals surface area contributed by atoms with E-state index in [9.17, 15) is 9.59 Å². The lowest BCUT2D eigenvalue weighted by atomic mass is 9.77. The molecule has 3 amide bonds. The zero-order valence-corrected chi connectivity index (χ0v) is 12.5. The van der Waals surface area contributed by atoms with Gasteiger partial charge in [-0.3, -0.25) is 9.69 Å². The predicted molar refractivity (Wildman–Crippen MR) is 76.0 cm³/mol. The highest BCUT2D eigenvalue weighted by molar-refractivity contribution is 6.07. The summed E-state index contributed by atoms with van der Waals surface area (Å²) in [5, 5.41) is 2.99. The van der Waals surface area contributed by atoms with Crippen LogP contribution in [-0.4, -0.2) is 46.5 Å². The Kier molecular flexibility index (Phi) is 3.48. The van der Waals surface area contributed by atoms with Gasteiger partial charge in [0.05, 0.1) is 6.67 Å². The zero-order valence-electron chi connectivity index (χ0n) is 12.5. The SMILES string of the molecule is CCN(CN1C(=O)NC2(CCC(C)CC2)C1=O)C1CC1. The zero-order chi connectivity index (χ0) is 14.3. The number of hydrogen-bond acceptors (Lipinski definition) is 3. The van der Waals surface area contributed by atoms with Crippen LogP contribution in [0.5, 0.6) is 0 Å². The molecular formula is C15H25N3O2. The molecule has 2 saturated carbocycles. The third kappa shape index (κ3) is 2.32. The summed E-state index contributed by atoms with van der Waals surface area (Å²) in [6, 6.07) is 0.382. The van der Waals surface area contributed by atoms with Crippen LogP contribution in [-0.2, 0) is 4.79 Å². The second-order valence-electron chi connectivity index (χ2n) is 6.71. The van der Waals surface area contributed by atoms with Gasteiger partial charge in [0.2, 0.25) is 0 Å². The van der Waals surface area contributed by atoms with Crippen molar-refractivity contribution in [3.8, 4) is 0 Å². The van der Waals surface area contributed by atoms with Gasteiger partial charge in [-0.25, -0.2) is 9.69 Å². The number of imide groups is 1. The second-order valence-corrected chi connectivity index (χ2v) is 6.71. The maximum absolute atomic E-state index is 12.7. The standard InChI is InChI=1S/C15H25N3O2/c1-3-17(12-4-5-12)10-18-13(19)15(16-14(18)20)8-6-11(2)7-9-15/h11-12H,3-10H2,1-2H3,(H,16,20). The smallest absolute Gasteiger partial charge is 0.323 e. The van der Waals surface area contributed by atoms with Crippen molar-refractivity contribution in [2.24, 2.45) is 5.92 Å². The van der Waals surface area contributed by atoms with Crippen LogP contribution in [0.1, 0.15) is 52.4 Å². The third-order valence-corrected chi connectivity index (χ3v) is 5.17. The molecule has 3 aliphatic rings. The number of rotatable bonds is 4. The first-order valence-corrected chi connectivity index (χ1v) is 7.94. The summed E-state index contributed by atoms with van der Waals surface area (Å²) in [7, 11) is 0. The van der Waals surface area contributed by atoms with Crippen molar-refractivity contribution in [1.29, 1.82) is 0 Å². The van der Waals surface area contributed by atoms with E-state index in [4.69, 9.17) is 0 Å². The summed E-state index contributed by atoms with van der Waals surface area (Å²) in [6.45, 7) is 5.67. The highest BCUT2D eigenvalue weighted by atomic mass is 16.2. The van der Waals surface area contributed by atoms with Crippen LogP contribution >= 0.6 is 0 Å². The first-order valence-electron chi connectivity index (χ1n) is 7.94. The van der Waals surface area contributed by atoms with Gasteiger partial charge in [-0.05, 0) is 51.0 Å². The molecule has 2 aliphatic carbocycles. The fourth-order valence-corrected chi connectivity index (χ4v) is 3.49. The van der Waals surface area contributed by atoms with E-state index in [1.54, 1.807) is 0 Å². The average Bonchev–Trinajstić information content (AvgIpc) is 3.23. The molecule has 1 spiro atoms. The van der Waals surface area contributed by atoms with E-state index in [-0.39, 0.29) is 11.9 Å². The van der Waals surface area contributed by atoms with Gasteiger partial charge >= 0.3 is 6.03 Å². The Labute approximate surface area is 120 Å². The van der Waals surface area contributed by atoms with Crippen LogP contribution in [0, 0.1) is 5.92 Å². The molecule has 0 unspecified atom stereocenters. The van der Waals surface area contributed by atoms with E-state index >= 15 is 0 Å². The number of hydrogen-bond donors (Lipinski definition) is 1. The molecular weight excluding hydrogens is 254 g/mol. The van der Waals surface area contributed by atoms with Crippen LogP contribution < -0.4 is 5.32 Å². The van der Waals surface area contributed by atoms with E-state index in [1.807, 2.05) is 0 Å². The van der Waals surface area contributed by atoms with Gasteiger partial charge in [0.25, 0.3) is 5.91 Å². The summed E-state index contributed by atoms with van der Waals surface area (Å²) in [6.07, 6.45) is 6.04. The molecule has 1 N–H and O–H groups in total. The Bertz CT molecular complexity index is 411. The lowest BCUT2D eigenvalue weighted by Gasteiger charge is -2.34. The molecule has 0 bridgehead atoms. The Morgan fingerprint density at radius 3 is 2.45 bits per heavy atom. The van der Waals surface area contributed by atoms with Crippen molar-refractivity contribution < 1.29 is 9.59 Å². The van der Waals surface area contributed by atoms with Crippen molar-refractivity contribution in [2.75, 3.05) is 13.2 Å². The quantitative estimate of drug-likeness (QED) is 0.800. The summed E-state index contributed by atoms with van der Waals surface area (Å²) in [5.41, 5.74) is -0.591. The maximum atomic E-state index is 12.7. The minimum absolute atomic E-state index is 0.00787. The molecule has 0 aromatic heterocycles. The molecule has 5 heteroatoms. The van der Waals surface area contributed by atoms with Crippen LogP contribution in [0.3, 0.4) is 0 Å². The largest absolute Gasteiger partial charge is 0.326 e. The molecule has 1 heterocycles. The van der Waals surface area contributed by atoms with Gasteiger partial charge in [0, 0.05) is 6.04 Å². The minimum atomic E-state index is -0.591. The van der Waals surface area contributed by atoms with Crippen molar-refractivity contribution >= 4 is 11.9 Å². The average molecular weight is 279 g/mol. The molecule has 0 aromatic carbocycles. The molecule has 0 radical (unpaired) electrons. The van der Waals surface area contributed by atoms with Crippen molar-refractivity contribution in [3.05, 3.63) is 0 Å². The van der Waals surface area contributed by atoms with E-state index in [0.717, 1.165) is 32.2 Å².